The Morgan fingerprint density at radius 2 is 2.07 bits per heavy atom. The molecule has 1 heterocycles. The first kappa shape index (κ1) is 21.2. The summed E-state index contributed by atoms with van der Waals surface area (Å²) < 4.78 is 12.7. The van der Waals surface area contributed by atoms with Crippen molar-refractivity contribution >= 4 is 39.8 Å². The fraction of sp³-hybridized carbons (Fsp3) is 0.333. The predicted octanol–water partition coefficient (Wildman–Crippen LogP) is 4.30. The molecule has 1 aliphatic heterocycles. The molecule has 0 bridgehead atoms. The molecule has 0 saturated carbocycles. The van der Waals surface area contributed by atoms with Gasteiger partial charge in [-0.1, -0.05) is 5.16 Å². The molecule has 1 unspecified atom stereocenters. The highest BCUT2D eigenvalue weighted by molar-refractivity contribution is 14.1. The van der Waals surface area contributed by atoms with E-state index in [1.54, 1.807) is 26.2 Å². The van der Waals surface area contributed by atoms with E-state index < -0.39 is 0 Å². The largest absolute Gasteiger partial charge is 0.493 e. The van der Waals surface area contributed by atoms with Crippen LogP contribution in [0.2, 0.25) is 0 Å². The number of amidine groups is 1. The molecule has 2 aromatic rings. The molecule has 0 fully saturated rings. The number of anilines is 1. The zero-order valence-electron chi connectivity index (χ0n) is 16.5. The SMILES string of the molecule is COc1cc(C(Nc2ccc(/C(N)=N/O)cc2)C(C)=N)c(I)c2c1OCCCC2. The molecule has 154 valence electrons. The molecule has 3 rings (SSSR count). The zero-order chi connectivity index (χ0) is 21.0. The minimum Gasteiger partial charge on any atom is -0.493 e. The first-order chi connectivity index (χ1) is 14.0. The number of halogens is 1. The predicted molar refractivity (Wildman–Crippen MR) is 123 cm³/mol. The van der Waals surface area contributed by atoms with Crippen molar-refractivity contribution in [3.63, 3.8) is 0 Å². The Morgan fingerprint density at radius 3 is 2.69 bits per heavy atom. The van der Waals surface area contributed by atoms with Crippen LogP contribution < -0.4 is 20.5 Å². The van der Waals surface area contributed by atoms with Crippen LogP contribution in [-0.4, -0.2) is 30.5 Å². The van der Waals surface area contributed by atoms with Crippen molar-refractivity contribution in [2.75, 3.05) is 19.0 Å². The second kappa shape index (κ2) is 9.34. The second-order valence-electron chi connectivity index (χ2n) is 6.92. The molecule has 0 aliphatic carbocycles. The number of methoxy groups -OCH3 is 1. The van der Waals surface area contributed by atoms with Crippen molar-refractivity contribution in [3.8, 4) is 11.5 Å². The van der Waals surface area contributed by atoms with Crippen molar-refractivity contribution in [2.24, 2.45) is 10.9 Å². The lowest BCUT2D eigenvalue weighted by molar-refractivity contribution is 0.294. The van der Waals surface area contributed by atoms with Gasteiger partial charge in [-0.15, -0.1) is 0 Å². The molecule has 0 aromatic heterocycles. The summed E-state index contributed by atoms with van der Waals surface area (Å²) in [6, 6.07) is 8.87. The number of nitrogens with zero attached hydrogens (tertiary/aromatic N) is 1. The van der Waals surface area contributed by atoms with Crippen molar-refractivity contribution in [2.45, 2.75) is 32.2 Å². The van der Waals surface area contributed by atoms with Crippen LogP contribution in [0, 0.1) is 8.98 Å². The Balaban J connectivity index is 1.99. The highest BCUT2D eigenvalue weighted by Gasteiger charge is 2.25. The van der Waals surface area contributed by atoms with Gasteiger partial charge in [0.15, 0.2) is 17.3 Å². The van der Waals surface area contributed by atoms with E-state index in [-0.39, 0.29) is 11.9 Å². The van der Waals surface area contributed by atoms with Gasteiger partial charge in [-0.3, -0.25) is 0 Å². The van der Waals surface area contributed by atoms with Crippen LogP contribution in [0.25, 0.3) is 0 Å². The number of benzene rings is 2. The smallest absolute Gasteiger partial charge is 0.170 e. The van der Waals surface area contributed by atoms with Gasteiger partial charge in [0.1, 0.15) is 0 Å². The summed E-state index contributed by atoms with van der Waals surface area (Å²) in [5.41, 5.74) is 9.71. The molecule has 8 heteroatoms. The fourth-order valence-electron chi connectivity index (χ4n) is 3.39. The number of nitrogens with two attached hydrogens (primary N) is 1. The van der Waals surface area contributed by atoms with E-state index in [1.807, 2.05) is 18.2 Å². The molecule has 7 nitrogen and oxygen atoms in total. The number of hydrogen-bond acceptors (Lipinski definition) is 6. The molecule has 0 amide bonds. The minimum atomic E-state index is -0.320. The summed E-state index contributed by atoms with van der Waals surface area (Å²) in [7, 11) is 1.64. The van der Waals surface area contributed by atoms with Crippen LogP contribution in [-0.2, 0) is 6.42 Å². The Labute approximate surface area is 183 Å². The average molecular weight is 508 g/mol. The van der Waals surface area contributed by atoms with Crippen LogP contribution in [0.3, 0.4) is 0 Å². The number of ether oxygens (including phenoxy) is 2. The van der Waals surface area contributed by atoms with E-state index in [2.05, 4.69) is 33.1 Å². The first-order valence-corrected chi connectivity index (χ1v) is 10.5. The van der Waals surface area contributed by atoms with E-state index in [1.165, 1.54) is 0 Å². The summed E-state index contributed by atoms with van der Waals surface area (Å²) in [6.07, 6.45) is 3.00. The lowest BCUT2D eigenvalue weighted by Crippen LogP contribution is -2.20. The average Bonchev–Trinajstić information content (AvgIpc) is 2.99. The first-order valence-electron chi connectivity index (χ1n) is 9.37. The number of hydrogen-bond donors (Lipinski definition) is 4. The Kier molecular flexibility index (Phi) is 6.83. The molecule has 0 saturated heterocycles. The number of fused-ring (bicyclic) bond motifs is 1. The molecular formula is C21H25IN4O3. The van der Waals surface area contributed by atoms with E-state index >= 15 is 0 Å². The summed E-state index contributed by atoms with van der Waals surface area (Å²) in [4.78, 5) is 0. The van der Waals surface area contributed by atoms with Crippen LogP contribution >= 0.6 is 22.6 Å². The fourth-order valence-corrected chi connectivity index (χ4v) is 4.38. The van der Waals surface area contributed by atoms with Crippen molar-refractivity contribution < 1.29 is 14.7 Å². The van der Waals surface area contributed by atoms with E-state index in [4.69, 9.17) is 25.8 Å². The van der Waals surface area contributed by atoms with Crippen LogP contribution in [0.5, 0.6) is 11.5 Å². The molecule has 1 aliphatic rings. The number of nitrogens with one attached hydrogen (secondary N) is 2. The quantitative estimate of drug-likeness (QED) is 0.153. The minimum absolute atomic E-state index is 0.0568. The molecule has 2 aromatic carbocycles. The van der Waals surface area contributed by atoms with Crippen molar-refractivity contribution in [1.29, 1.82) is 5.41 Å². The molecule has 29 heavy (non-hydrogen) atoms. The van der Waals surface area contributed by atoms with Gasteiger partial charge in [-0.05, 0) is 84.7 Å². The summed E-state index contributed by atoms with van der Waals surface area (Å²) in [5, 5.41) is 23.6. The zero-order valence-corrected chi connectivity index (χ0v) is 18.6. The van der Waals surface area contributed by atoms with E-state index in [9.17, 15) is 0 Å². The molecule has 0 radical (unpaired) electrons. The number of oxime groups is 1. The third-order valence-electron chi connectivity index (χ3n) is 4.93. The standard InChI is InChI=1S/C21H25IN4O3/c1-12(23)19(25-14-8-6-13(7-9-14)21(24)26-27)16-11-17(28-2)20-15(18(16)22)5-3-4-10-29-20/h6-9,11,19,23,25,27H,3-5,10H2,1-2H3,(H2,24,26). The summed E-state index contributed by atoms with van der Waals surface area (Å²) >= 11 is 2.35. The Morgan fingerprint density at radius 1 is 1.34 bits per heavy atom. The third kappa shape index (κ3) is 4.58. The molecule has 1 atom stereocenters. The monoisotopic (exact) mass is 508 g/mol. The van der Waals surface area contributed by atoms with Crippen LogP contribution in [0.4, 0.5) is 5.69 Å². The van der Waals surface area contributed by atoms with Gasteiger partial charge in [0, 0.05) is 26.1 Å². The van der Waals surface area contributed by atoms with Crippen molar-refractivity contribution in [1.82, 2.24) is 0 Å². The maximum atomic E-state index is 8.82. The van der Waals surface area contributed by atoms with Gasteiger partial charge < -0.3 is 31.1 Å². The maximum Gasteiger partial charge on any atom is 0.170 e. The van der Waals surface area contributed by atoms with Gasteiger partial charge in [-0.25, -0.2) is 0 Å². The third-order valence-corrected chi connectivity index (χ3v) is 6.21. The Hall–Kier alpha value is -2.49. The topological polar surface area (TPSA) is 113 Å². The van der Waals surface area contributed by atoms with Gasteiger partial charge in [0.2, 0.25) is 0 Å². The van der Waals surface area contributed by atoms with Crippen molar-refractivity contribution in [3.05, 3.63) is 50.6 Å². The highest BCUT2D eigenvalue weighted by atomic mass is 127. The molecular weight excluding hydrogens is 483 g/mol. The summed E-state index contributed by atoms with van der Waals surface area (Å²) in [5.74, 6) is 1.58. The summed E-state index contributed by atoms with van der Waals surface area (Å²) in [6.45, 7) is 2.48. The van der Waals surface area contributed by atoms with E-state index in [0.29, 0.717) is 23.6 Å². The van der Waals surface area contributed by atoms with Crippen LogP contribution in [0.1, 0.15) is 42.5 Å². The molecule has 5 N–H and O–H groups in total. The normalized spacial score (nSPS) is 14.9. The second-order valence-corrected chi connectivity index (χ2v) is 8.00. The van der Waals surface area contributed by atoms with E-state index in [0.717, 1.165) is 45.4 Å². The van der Waals surface area contributed by atoms with Gasteiger partial charge >= 0.3 is 0 Å². The van der Waals surface area contributed by atoms with Gasteiger partial charge in [0.25, 0.3) is 0 Å². The van der Waals surface area contributed by atoms with Gasteiger partial charge in [-0.2, -0.15) is 0 Å². The lowest BCUT2D eigenvalue weighted by Gasteiger charge is -2.24. The Bertz CT molecular complexity index is 929. The van der Waals surface area contributed by atoms with Gasteiger partial charge in [0.05, 0.1) is 19.8 Å². The maximum absolute atomic E-state index is 8.82. The van der Waals surface area contributed by atoms with Crippen LogP contribution in [0.15, 0.2) is 35.5 Å². The number of rotatable bonds is 6. The lowest BCUT2D eigenvalue weighted by atomic mass is 9.97. The molecule has 0 spiro atoms. The highest BCUT2D eigenvalue weighted by Crippen LogP contribution is 2.41.